The number of hydrogen-bond acceptors (Lipinski definition) is 3. The number of hydrogen-bond donors (Lipinski definition) is 2. The van der Waals surface area contributed by atoms with Crippen molar-refractivity contribution in [2.75, 3.05) is 18.0 Å². The Kier molecular flexibility index (Phi) is 2.95. The summed E-state index contributed by atoms with van der Waals surface area (Å²) in [5.41, 5.74) is 2.03. The van der Waals surface area contributed by atoms with Crippen LogP contribution >= 0.6 is 0 Å². The Bertz CT molecular complexity index is 579. The zero-order valence-corrected chi connectivity index (χ0v) is 10.4. The number of carboxylic acids is 1. The molecule has 0 radical (unpaired) electrons. The Morgan fingerprint density at radius 2 is 2.16 bits per heavy atom. The number of H-pyrrole nitrogens is 1. The van der Waals surface area contributed by atoms with Crippen LogP contribution in [0.25, 0.3) is 11.3 Å². The molecule has 5 nitrogen and oxygen atoms in total. The molecule has 1 aromatic heterocycles. The highest BCUT2D eigenvalue weighted by molar-refractivity contribution is 5.72. The van der Waals surface area contributed by atoms with Crippen LogP contribution in [0.3, 0.4) is 0 Å². The van der Waals surface area contributed by atoms with Crippen LogP contribution in [0.5, 0.6) is 0 Å². The van der Waals surface area contributed by atoms with Gasteiger partial charge in [-0.3, -0.25) is 9.89 Å². The van der Waals surface area contributed by atoms with E-state index >= 15 is 0 Å². The topological polar surface area (TPSA) is 69.2 Å². The molecule has 1 aromatic carbocycles. The second-order valence-electron chi connectivity index (χ2n) is 4.78. The minimum absolute atomic E-state index is 0.281. The molecule has 2 heterocycles. The third kappa shape index (κ3) is 2.31. The van der Waals surface area contributed by atoms with Crippen molar-refractivity contribution in [3.8, 4) is 11.3 Å². The number of aromatic amines is 1. The Morgan fingerprint density at radius 3 is 2.84 bits per heavy atom. The van der Waals surface area contributed by atoms with Crippen LogP contribution in [-0.4, -0.2) is 34.4 Å². The number of aromatic nitrogens is 2. The molecule has 1 fully saturated rings. The quantitative estimate of drug-likeness (QED) is 0.882. The number of carbonyl (C=O) groups is 1. The maximum absolute atomic E-state index is 11.0. The van der Waals surface area contributed by atoms with Crippen LogP contribution in [0.15, 0.2) is 36.4 Å². The summed E-state index contributed by atoms with van der Waals surface area (Å²) >= 11 is 0. The van der Waals surface area contributed by atoms with Crippen LogP contribution in [-0.2, 0) is 4.79 Å². The van der Waals surface area contributed by atoms with Crippen molar-refractivity contribution in [2.24, 2.45) is 5.92 Å². The Morgan fingerprint density at radius 1 is 1.37 bits per heavy atom. The van der Waals surface area contributed by atoms with Gasteiger partial charge < -0.3 is 10.0 Å². The maximum Gasteiger partial charge on any atom is 0.308 e. The lowest BCUT2D eigenvalue weighted by Crippen LogP contribution is -2.22. The predicted molar refractivity (Wildman–Crippen MR) is 72.0 cm³/mol. The number of nitrogens with zero attached hydrogens (tertiary/aromatic N) is 2. The molecule has 2 N–H and O–H groups in total. The van der Waals surface area contributed by atoms with Crippen molar-refractivity contribution in [1.82, 2.24) is 10.2 Å². The molecular formula is C14H15N3O2. The van der Waals surface area contributed by atoms with Gasteiger partial charge in [0.25, 0.3) is 0 Å². The van der Waals surface area contributed by atoms with Gasteiger partial charge in [-0.1, -0.05) is 30.3 Å². The summed E-state index contributed by atoms with van der Waals surface area (Å²) < 4.78 is 0. The first-order chi connectivity index (χ1) is 9.24. The molecule has 1 saturated heterocycles. The van der Waals surface area contributed by atoms with E-state index in [1.54, 1.807) is 0 Å². The number of carboxylic acid groups (broad SMARTS) is 1. The van der Waals surface area contributed by atoms with Gasteiger partial charge >= 0.3 is 5.97 Å². The lowest BCUT2D eigenvalue weighted by Gasteiger charge is -2.13. The van der Waals surface area contributed by atoms with Crippen molar-refractivity contribution in [1.29, 1.82) is 0 Å². The predicted octanol–water partition coefficient (Wildman–Crippen LogP) is 1.99. The molecule has 98 valence electrons. The second kappa shape index (κ2) is 4.76. The molecule has 0 amide bonds. The first-order valence-corrected chi connectivity index (χ1v) is 6.32. The van der Waals surface area contributed by atoms with E-state index in [0.29, 0.717) is 13.0 Å². The summed E-state index contributed by atoms with van der Waals surface area (Å²) in [6.45, 7) is 1.28. The van der Waals surface area contributed by atoms with Gasteiger partial charge in [-0.05, 0) is 12.0 Å². The Hall–Kier alpha value is -2.30. The van der Waals surface area contributed by atoms with Crippen LogP contribution < -0.4 is 4.90 Å². The summed E-state index contributed by atoms with van der Waals surface area (Å²) in [5, 5.41) is 16.3. The largest absolute Gasteiger partial charge is 0.481 e. The molecule has 0 spiro atoms. The lowest BCUT2D eigenvalue weighted by atomic mass is 10.1. The van der Waals surface area contributed by atoms with Gasteiger partial charge in [0.15, 0.2) is 5.82 Å². The Balaban J connectivity index is 1.78. The first-order valence-electron chi connectivity index (χ1n) is 6.32. The summed E-state index contributed by atoms with van der Waals surface area (Å²) in [5.74, 6) is -0.180. The van der Waals surface area contributed by atoms with Gasteiger partial charge in [0.2, 0.25) is 0 Å². The zero-order chi connectivity index (χ0) is 13.2. The molecule has 0 aliphatic carbocycles. The van der Waals surface area contributed by atoms with Gasteiger partial charge in [-0.15, -0.1) is 0 Å². The van der Waals surface area contributed by atoms with E-state index in [-0.39, 0.29) is 5.92 Å². The maximum atomic E-state index is 11.0. The van der Waals surface area contributed by atoms with Crippen molar-refractivity contribution in [2.45, 2.75) is 6.42 Å². The lowest BCUT2D eigenvalue weighted by molar-refractivity contribution is -0.140. The van der Waals surface area contributed by atoms with Gasteiger partial charge in [-0.2, -0.15) is 5.10 Å². The fourth-order valence-electron chi connectivity index (χ4n) is 2.41. The monoisotopic (exact) mass is 257 g/mol. The molecular weight excluding hydrogens is 242 g/mol. The molecule has 1 aliphatic rings. The summed E-state index contributed by atoms with van der Waals surface area (Å²) in [6, 6.07) is 11.9. The number of aliphatic carboxylic acids is 1. The summed E-state index contributed by atoms with van der Waals surface area (Å²) in [6.07, 6.45) is 0.683. The minimum Gasteiger partial charge on any atom is -0.481 e. The van der Waals surface area contributed by atoms with Crippen LogP contribution in [0.2, 0.25) is 0 Å². The minimum atomic E-state index is -0.721. The number of nitrogens with one attached hydrogen (secondary N) is 1. The van der Waals surface area contributed by atoms with Gasteiger partial charge in [0, 0.05) is 19.2 Å². The molecule has 0 saturated carbocycles. The van der Waals surface area contributed by atoms with Gasteiger partial charge in [0.05, 0.1) is 11.6 Å². The van der Waals surface area contributed by atoms with Crippen LogP contribution in [0.1, 0.15) is 6.42 Å². The SMILES string of the molecule is O=C(O)[C@H]1CCN(c2cc(-c3ccccc3)[nH]n2)C1. The molecule has 19 heavy (non-hydrogen) atoms. The van der Waals surface area contributed by atoms with E-state index in [4.69, 9.17) is 5.11 Å². The van der Waals surface area contributed by atoms with E-state index in [9.17, 15) is 4.79 Å². The van der Waals surface area contributed by atoms with Crippen molar-refractivity contribution in [3.63, 3.8) is 0 Å². The van der Waals surface area contributed by atoms with E-state index in [1.165, 1.54) is 0 Å². The highest BCUT2D eigenvalue weighted by atomic mass is 16.4. The van der Waals surface area contributed by atoms with Gasteiger partial charge in [-0.25, -0.2) is 0 Å². The molecule has 2 aromatic rings. The Labute approximate surface area is 110 Å². The highest BCUT2D eigenvalue weighted by Gasteiger charge is 2.29. The van der Waals surface area contributed by atoms with E-state index in [2.05, 4.69) is 10.2 Å². The number of benzene rings is 1. The van der Waals surface area contributed by atoms with Crippen LogP contribution in [0.4, 0.5) is 5.82 Å². The fourth-order valence-corrected chi connectivity index (χ4v) is 2.41. The molecule has 0 bridgehead atoms. The fraction of sp³-hybridized carbons (Fsp3) is 0.286. The zero-order valence-electron chi connectivity index (χ0n) is 10.4. The molecule has 0 unspecified atom stereocenters. The van der Waals surface area contributed by atoms with Crippen molar-refractivity contribution >= 4 is 11.8 Å². The van der Waals surface area contributed by atoms with E-state index < -0.39 is 5.97 Å². The third-order valence-electron chi connectivity index (χ3n) is 3.51. The van der Waals surface area contributed by atoms with Crippen molar-refractivity contribution < 1.29 is 9.90 Å². The van der Waals surface area contributed by atoms with Crippen molar-refractivity contribution in [3.05, 3.63) is 36.4 Å². The second-order valence-corrected chi connectivity index (χ2v) is 4.78. The number of anilines is 1. The normalized spacial score (nSPS) is 18.7. The molecule has 3 rings (SSSR count). The molecule has 5 heteroatoms. The molecule has 1 atom stereocenters. The first kappa shape index (κ1) is 11.8. The summed E-state index contributed by atoms with van der Waals surface area (Å²) in [7, 11) is 0. The van der Waals surface area contributed by atoms with E-state index in [1.807, 2.05) is 41.3 Å². The average molecular weight is 257 g/mol. The van der Waals surface area contributed by atoms with E-state index in [0.717, 1.165) is 23.6 Å². The van der Waals surface area contributed by atoms with Crippen LogP contribution in [0, 0.1) is 5.92 Å². The standard InChI is InChI=1S/C14H15N3O2/c18-14(19)11-6-7-17(9-11)13-8-12(15-16-13)10-4-2-1-3-5-10/h1-5,8,11H,6-7,9H2,(H,15,16)(H,18,19)/t11-/m0/s1. The average Bonchev–Trinajstić information content (AvgIpc) is 3.09. The summed E-state index contributed by atoms with van der Waals surface area (Å²) in [4.78, 5) is 13.0. The third-order valence-corrected chi connectivity index (χ3v) is 3.51. The number of rotatable bonds is 3. The highest BCUT2D eigenvalue weighted by Crippen LogP contribution is 2.26. The van der Waals surface area contributed by atoms with Gasteiger partial charge in [0.1, 0.15) is 0 Å². The molecule has 1 aliphatic heterocycles. The smallest absolute Gasteiger partial charge is 0.308 e.